The van der Waals surface area contributed by atoms with Gasteiger partial charge in [-0.1, -0.05) is 6.92 Å². The minimum Gasteiger partial charge on any atom is -0.497 e. The molecule has 1 amide bonds. The molecule has 0 unspecified atom stereocenters. The summed E-state index contributed by atoms with van der Waals surface area (Å²) < 4.78 is 12.0. The fourth-order valence-corrected chi connectivity index (χ4v) is 2.77. The zero-order valence-corrected chi connectivity index (χ0v) is 15.6. The first-order valence-electron chi connectivity index (χ1n) is 7.41. The highest BCUT2D eigenvalue weighted by Crippen LogP contribution is 2.21. The summed E-state index contributed by atoms with van der Waals surface area (Å²) in [4.78, 5) is 12.4. The Kier molecular flexibility index (Phi) is 6.27. The van der Waals surface area contributed by atoms with Crippen molar-refractivity contribution < 1.29 is 14.3 Å². The lowest BCUT2D eigenvalue weighted by molar-refractivity contribution is -0.122. The van der Waals surface area contributed by atoms with Gasteiger partial charge >= 0.3 is 0 Å². The average Bonchev–Trinajstić information content (AvgIpc) is 2.55. The van der Waals surface area contributed by atoms with Crippen LogP contribution >= 0.6 is 22.6 Å². The van der Waals surface area contributed by atoms with Gasteiger partial charge in [-0.15, -0.1) is 0 Å². The van der Waals surface area contributed by atoms with E-state index in [1.165, 1.54) is 0 Å². The Morgan fingerprint density at radius 2 is 1.83 bits per heavy atom. The fourth-order valence-electron chi connectivity index (χ4n) is 2.12. The smallest absolute Gasteiger partial charge is 0.265 e. The third kappa shape index (κ3) is 4.86. The van der Waals surface area contributed by atoms with Crippen LogP contribution in [0.4, 0.5) is 5.69 Å². The second kappa shape index (κ2) is 8.19. The van der Waals surface area contributed by atoms with Gasteiger partial charge in [0.15, 0.2) is 6.10 Å². The monoisotopic (exact) mass is 425 g/mol. The van der Waals surface area contributed by atoms with Crippen molar-refractivity contribution in [2.24, 2.45) is 0 Å². The Balaban J connectivity index is 2.05. The molecule has 0 aliphatic rings. The second-order valence-corrected chi connectivity index (χ2v) is 6.38. The maximum absolute atomic E-state index is 12.4. The van der Waals surface area contributed by atoms with E-state index >= 15 is 0 Å². The number of amides is 1. The number of carbonyl (C=O) groups is 1. The van der Waals surface area contributed by atoms with Gasteiger partial charge in [-0.25, -0.2) is 0 Å². The van der Waals surface area contributed by atoms with E-state index in [2.05, 4.69) is 27.9 Å². The first-order chi connectivity index (χ1) is 11.0. The standard InChI is InChI=1S/C18H20INO3/c1-4-17(23-15-8-6-14(22-3)7-9-15)18(21)20-16-10-5-13(19)11-12(16)2/h5-11,17H,4H2,1-3H3,(H,20,21)/t17-/m0/s1. The summed E-state index contributed by atoms with van der Waals surface area (Å²) in [7, 11) is 1.61. The summed E-state index contributed by atoms with van der Waals surface area (Å²) in [6.07, 6.45) is 0.0449. The van der Waals surface area contributed by atoms with Crippen LogP contribution in [0, 0.1) is 10.5 Å². The molecular formula is C18H20INO3. The molecule has 0 aromatic heterocycles. The van der Waals surface area contributed by atoms with Crippen molar-refractivity contribution in [3.63, 3.8) is 0 Å². The van der Waals surface area contributed by atoms with Gasteiger partial charge in [0.05, 0.1) is 7.11 Å². The van der Waals surface area contributed by atoms with Crippen LogP contribution in [0.3, 0.4) is 0 Å². The lowest BCUT2D eigenvalue weighted by atomic mass is 10.2. The highest BCUT2D eigenvalue weighted by molar-refractivity contribution is 14.1. The average molecular weight is 425 g/mol. The number of carbonyl (C=O) groups excluding carboxylic acids is 1. The maximum atomic E-state index is 12.4. The van der Waals surface area contributed by atoms with Crippen LogP contribution in [-0.2, 0) is 4.79 Å². The van der Waals surface area contributed by atoms with Gasteiger partial charge in [0.2, 0.25) is 0 Å². The lowest BCUT2D eigenvalue weighted by Gasteiger charge is -2.18. The van der Waals surface area contributed by atoms with Gasteiger partial charge in [-0.2, -0.15) is 0 Å². The lowest BCUT2D eigenvalue weighted by Crippen LogP contribution is -2.32. The fraction of sp³-hybridized carbons (Fsp3) is 0.278. The van der Waals surface area contributed by atoms with Crippen LogP contribution in [0.15, 0.2) is 42.5 Å². The molecule has 0 fully saturated rings. The number of hydrogen-bond donors (Lipinski definition) is 1. The molecule has 1 N–H and O–H groups in total. The summed E-state index contributed by atoms with van der Waals surface area (Å²) in [5.41, 5.74) is 1.84. The first-order valence-corrected chi connectivity index (χ1v) is 8.49. The molecule has 2 aromatic carbocycles. The Morgan fingerprint density at radius 3 is 2.39 bits per heavy atom. The number of methoxy groups -OCH3 is 1. The Hall–Kier alpha value is -1.76. The summed E-state index contributed by atoms with van der Waals surface area (Å²) in [5, 5.41) is 2.94. The van der Waals surface area contributed by atoms with Gasteiger partial charge in [0, 0.05) is 9.26 Å². The van der Waals surface area contributed by atoms with Crippen LogP contribution in [0.5, 0.6) is 11.5 Å². The number of nitrogens with one attached hydrogen (secondary N) is 1. The van der Waals surface area contributed by atoms with E-state index < -0.39 is 6.10 Å². The Labute approximate surface area is 150 Å². The number of benzene rings is 2. The number of hydrogen-bond acceptors (Lipinski definition) is 3. The minimum atomic E-state index is -0.540. The Morgan fingerprint density at radius 1 is 1.17 bits per heavy atom. The molecule has 2 aromatic rings. The molecule has 23 heavy (non-hydrogen) atoms. The van der Waals surface area contributed by atoms with Gasteiger partial charge in [0.1, 0.15) is 11.5 Å². The third-order valence-electron chi connectivity index (χ3n) is 3.45. The summed E-state index contributed by atoms with van der Waals surface area (Å²) in [6.45, 7) is 3.90. The van der Waals surface area contributed by atoms with Crippen molar-refractivity contribution in [1.29, 1.82) is 0 Å². The molecule has 0 bridgehead atoms. The molecule has 0 radical (unpaired) electrons. The van der Waals surface area contributed by atoms with E-state index in [1.54, 1.807) is 19.2 Å². The van der Waals surface area contributed by atoms with Crippen molar-refractivity contribution in [2.45, 2.75) is 26.4 Å². The molecule has 2 rings (SSSR count). The molecule has 122 valence electrons. The number of anilines is 1. The van der Waals surface area contributed by atoms with Gasteiger partial charge in [-0.05, 0) is 84.0 Å². The predicted octanol–water partition coefficient (Wildman–Crippen LogP) is 4.40. The molecule has 0 saturated carbocycles. The molecule has 4 nitrogen and oxygen atoms in total. The maximum Gasteiger partial charge on any atom is 0.265 e. The molecule has 0 aliphatic heterocycles. The van der Waals surface area contributed by atoms with Crippen LogP contribution in [0.1, 0.15) is 18.9 Å². The zero-order chi connectivity index (χ0) is 16.8. The van der Waals surface area contributed by atoms with E-state index in [0.29, 0.717) is 12.2 Å². The van der Waals surface area contributed by atoms with E-state index in [0.717, 1.165) is 20.6 Å². The molecular weight excluding hydrogens is 405 g/mol. The number of aryl methyl sites for hydroxylation is 1. The largest absolute Gasteiger partial charge is 0.497 e. The normalized spacial score (nSPS) is 11.7. The van der Waals surface area contributed by atoms with Crippen molar-refractivity contribution in [3.05, 3.63) is 51.6 Å². The molecule has 5 heteroatoms. The molecule has 0 spiro atoms. The minimum absolute atomic E-state index is 0.146. The van der Waals surface area contributed by atoms with E-state index in [1.807, 2.05) is 44.2 Å². The number of halogens is 1. The van der Waals surface area contributed by atoms with Crippen LogP contribution in [0.2, 0.25) is 0 Å². The Bertz CT molecular complexity index is 670. The summed E-state index contributed by atoms with van der Waals surface area (Å²) >= 11 is 2.25. The number of rotatable bonds is 6. The van der Waals surface area contributed by atoms with Crippen LogP contribution in [-0.4, -0.2) is 19.1 Å². The molecule has 0 aliphatic carbocycles. The third-order valence-corrected chi connectivity index (χ3v) is 4.12. The SMILES string of the molecule is CC[C@H](Oc1ccc(OC)cc1)C(=O)Nc1ccc(I)cc1C. The van der Waals surface area contributed by atoms with Crippen molar-refractivity contribution in [3.8, 4) is 11.5 Å². The van der Waals surface area contributed by atoms with Crippen molar-refractivity contribution >= 4 is 34.2 Å². The van der Waals surface area contributed by atoms with E-state index in [9.17, 15) is 4.79 Å². The van der Waals surface area contributed by atoms with Gasteiger partial charge < -0.3 is 14.8 Å². The summed E-state index contributed by atoms with van der Waals surface area (Å²) in [5.74, 6) is 1.25. The zero-order valence-electron chi connectivity index (χ0n) is 13.4. The molecule has 1 atom stereocenters. The predicted molar refractivity (Wildman–Crippen MR) is 100 cm³/mol. The van der Waals surface area contributed by atoms with Crippen molar-refractivity contribution in [2.75, 3.05) is 12.4 Å². The second-order valence-electron chi connectivity index (χ2n) is 5.14. The first kappa shape index (κ1) is 17.6. The van der Waals surface area contributed by atoms with E-state index in [-0.39, 0.29) is 5.91 Å². The number of ether oxygens (including phenoxy) is 2. The molecule has 0 heterocycles. The summed E-state index contributed by atoms with van der Waals surface area (Å²) in [6, 6.07) is 13.1. The topological polar surface area (TPSA) is 47.6 Å². The van der Waals surface area contributed by atoms with E-state index in [4.69, 9.17) is 9.47 Å². The molecule has 0 saturated heterocycles. The highest BCUT2D eigenvalue weighted by atomic mass is 127. The van der Waals surface area contributed by atoms with Gasteiger partial charge in [-0.3, -0.25) is 4.79 Å². The van der Waals surface area contributed by atoms with Crippen molar-refractivity contribution in [1.82, 2.24) is 0 Å². The van der Waals surface area contributed by atoms with Crippen LogP contribution < -0.4 is 14.8 Å². The van der Waals surface area contributed by atoms with Crippen LogP contribution in [0.25, 0.3) is 0 Å². The quantitative estimate of drug-likeness (QED) is 0.698. The van der Waals surface area contributed by atoms with Gasteiger partial charge in [0.25, 0.3) is 5.91 Å². The highest BCUT2D eigenvalue weighted by Gasteiger charge is 2.19.